The molecule has 3 aromatic rings. The molecule has 2 aromatic carbocycles. The Labute approximate surface area is 249 Å². The molecule has 0 fully saturated rings. The summed E-state index contributed by atoms with van der Waals surface area (Å²) >= 11 is 6.89. The van der Waals surface area contributed by atoms with E-state index in [2.05, 4.69) is 29.7 Å². The second kappa shape index (κ2) is 13.9. The molecule has 2 heterocycles. The minimum absolute atomic E-state index is 0.0186. The first kappa shape index (κ1) is 29.9. The number of aromatic nitrogens is 2. The van der Waals surface area contributed by atoms with Crippen LogP contribution in [0.3, 0.4) is 0 Å². The van der Waals surface area contributed by atoms with E-state index in [1.807, 2.05) is 30.3 Å². The summed E-state index contributed by atoms with van der Waals surface area (Å²) in [4.78, 5) is 0.0186. The van der Waals surface area contributed by atoms with Crippen molar-refractivity contribution in [3.8, 4) is 5.88 Å². The van der Waals surface area contributed by atoms with Crippen molar-refractivity contribution in [3.63, 3.8) is 0 Å². The number of amidine groups is 1. The van der Waals surface area contributed by atoms with Crippen molar-refractivity contribution in [3.05, 3.63) is 76.5 Å². The van der Waals surface area contributed by atoms with Gasteiger partial charge in [-0.15, -0.1) is 24.1 Å². The van der Waals surface area contributed by atoms with Crippen LogP contribution in [0.25, 0.3) is 0 Å². The van der Waals surface area contributed by atoms with Gasteiger partial charge in [-0.1, -0.05) is 18.2 Å². The van der Waals surface area contributed by atoms with Crippen LogP contribution in [-0.2, 0) is 47.5 Å². The molecule has 0 atom stereocenters. The molecule has 2 N–H and O–H groups in total. The Morgan fingerprint density at radius 1 is 1.11 bits per heavy atom. The Hall–Kier alpha value is -2.65. The molecule has 4 rings (SSSR count). The molecule has 0 saturated heterocycles. The van der Waals surface area contributed by atoms with Gasteiger partial charge in [-0.3, -0.25) is 10.1 Å². The van der Waals surface area contributed by atoms with E-state index in [-0.39, 0.29) is 22.4 Å². The number of hydrazone groups is 1. The number of ether oxygens (including phenoxy) is 1. The van der Waals surface area contributed by atoms with Gasteiger partial charge in [-0.2, -0.15) is 5.10 Å². The SMILES string of the molecule is COc1ccc(NS(=O)(=O)c2ccc(N=NS/C([S-])=C3\C(=N)N(c4ccccc4)N=C3C)cc2)nn1.[Cl][Hg+]. The van der Waals surface area contributed by atoms with E-state index in [1.54, 1.807) is 6.92 Å². The van der Waals surface area contributed by atoms with E-state index in [0.717, 1.165) is 17.6 Å². The predicted octanol–water partition coefficient (Wildman–Crippen LogP) is 5.34. The van der Waals surface area contributed by atoms with Gasteiger partial charge in [0.25, 0.3) is 10.0 Å². The van der Waals surface area contributed by atoms with E-state index < -0.39 is 10.0 Å². The fourth-order valence-corrected chi connectivity index (χ4v) is 4.94. The van der Waals surface area contributed by atoms with Crippen LogP contribution in [0.2, 0.25) is 0 Å². The second-order valence-corrected chi connectivity index (χ2v) is 10.3. The normalized spacial score (nSPS) is 14.6. The van der Waals surface area contributed by atoms with Crippen molar-refractivity contribution in [1.82, 2.24) is 10.2 Å². The summed E-state index contributed by atoms with van der Waals surface area (Å²) in [7, 11) is 2.40. The van der Waals surface area contributed by atoms with Crippen LogP contribution in [0.1, 0.15) is 6.92 Å². The summed E-state index contributed by atoms with van der Waals surface area (Å²) in [6.45, 7) is 1.78. The van der Waals surface area contributed by atoms with Gasteiger partial charge in [0.15, 0.2) is 11.7 Å². The van der Waals surface area contributed by atoms with Crippen LogP contribution in [0.15, 0.2) is 96.2 Å². The molecule has 1 aliphatic heterocycles. The molecule has 0 spiro atoms. The van der Waals surface area contributed by atoms with Crippen molar-refractivity contribution in [2.24, 2.45) is 14.7 Å². The molecule has 0 amide bonds. The fraction of sp³-hybridized carbons (Fsp3) is 0.0909. The first-order valence-electron chi connectivity index (χ1n) is 10.5. The zero-order valence-electron chi connectivity index (χ0n) is 20.1. The van der Waals surface area contributed by atoms with Gasteiger partial charge in [0, 0.05) is 23.6 Å². The number of hydrogen-bond acceptors (Lipinski definition) is 11. The summed E-state index contributed by atoms with van der Waals surface area (Å²) in [6, 6.07) is 18.1. The zero-order chi connectivity index (χ0) is 27.7. The van der Waals surface area contributed by atoms with Crippen LogP contribution in [0.5, 0.6) is 5.88 Å². The molecule has 0 saturated carbocycles. The van der Waals surface area contributed by atoms with Crippen molar-refractivity contribution in [1.29, 1.82) is 5.41 Å². The molecule has 0 unspecified atom stereocenters. The fourth-order valence-electron chi connectivity index (χ4n) is 3.05. The molecule has 1 aliphatic rings. The molecule has 0 radical (unpaired) electrons. The summed E-state index contributed by atoms with van der Waals surface area (Å²) < 4.78 is 36.8. The van der Waals surface area contributed by atoms with Gasteiger partial charge in [0.05, 0.1) is 29.1 Å². The van der Waals surface area contributed by atoms with Crippen LogP contribution >= 0.6 is 20.2 Å². The number of para-hydroxylation sites is 1. The van der Waals surface area contributed by atoms with Gasteiger partial charge in [-0.25, -0.2) is 13.4 Å². The number of benzene rings is 2. The van der Waals surface area contributed by atoms with Crippen molar-refractivity contribution in [2.75, 3.05) is 16.8 Å². The third-order valence-corrected chi connectivity index (χ3v) is 7.11. The molecule has 38 heavy (non-hydrogen) atoms. The monoisotopic (exact) mass is 776 g/mol. The maximum atomic E-state index is 12.6. The van der Waals surface area contributed by atoms with Crippen molar-refractivity contribution < 1.29 is 38.0 Å². The van der Waals surface area contributed by atoms with Gasteiger partial charge in [-0.05, 0) is 49.4 Å². The Morgan fingerprint density at radius 2 is 1.79 bits per heavy atom. The Morgan fingerprint density at radius 3 is 2.39 bits per heavy atom. The summed E-state index contributed by atoms with van der Waals surface area (Å²) in [5.41, 5.74) is 2.30. The van der Waals surface area contributed by atoms with Crippen LogP contribution in [0.4, 0.5) is 17.2 Å². The van der Waals surface area contributed by atoms with Crippen LogP contribution in [0, 0.1) is 5.41 Å². The standard InChI is InChI=1S/C22H20N8O3S3.ClH.Hg/c1-14-20(21(23)30(27-14)16-6-4-3-5-7-16)22(34)35-29-24-15-8-10-17(11-9-15)36(31,32)28-18-12-13-19(33-2)26-25-18;;/h3-13,23,34H,1-2H3,(H,25,28);1H;/q;;+2/p-2/b22-20-,23-21?,29-24?;;. The average molecular weight is 776 g/mol. The molecule has 192 valence electrons. The number of nitrogens with one attached hydrogen (secondary N) is 2. The Kier molecular flexibility index (Phi) is 11.0. The average Bonchev–Trinajstić information content (AvgIpc) is 3.24. The number of sulfonamides is 1. The van der Waals surface area contributed by atoms with Gasteiger partial charge >= 0.3 is 33.1 Å². The Balaban J connectivity index is 0.00000195. The molecular weight excluding hydrogens is 757 g/mol. The number of hydrogen-bond donors (Lipinski definition) is 2. The number of nitrogens with zero attached hydrogens (tertiary/aromatic N) is 6. The zero-order valence-corrected chi connectivity index (χ0v) is 28.8. The molecule has 0 aliphatic carbocycles. The van der Waals surface area contributed by atoms with E-state index in [1.165, 1.54) is 48.5 Å². The van der Waals surface area contributed by atoms with Crippen molar-refractivity contribution >= 4 is 71.6 Å². The third kappa shape index (κ3) is 7.47. The topological polar surface area (TPSA) is 145 Å². The summed E-state index contributed by atoms with van der Waals surface area (Å²) in [5, 5.41) is 26.0. The molecule has 11 nitrogen and oxygen atoms in total. The minimum atomic E-state index is -3.87. The first-order chi connectivity index (χ1) is 18.3. The third-order valence-electron chi connectivity index (χ3n) is 4.78. The van der Waals surface area contributed by atoms with Crippen LogP contribution in [-0.4, -0.2) is 37.3 Å². The predicted molar refractivity (Wildman–Crippen MR) is 148 cm³/mol. The van der Waals surface area contributed by atoms with E-state index in [0.29, 0.717) is 46.1 Å². The molecular formula is C22H19ClHgN8O3S3. The molecule has 1 aromatic heterocycles. The van der Waals surface area contributed by atoms with E-state index in [4.69, 9.17) is 31.0 Å². The molecule has 0 bridgehead atoms. The number of anilines is 2. The van der Waals surface area contributed by atoms with Crippen molar-refractivity contribution in [2.45, 2.75) is 11.8 Å². The molecule has 16 heteroatoms. The van der Waals surface area contributed by atoms with Gasteiger partial charge < -0.3 is 17.4 Å². The maximum absolute atomic E-state index is 12.6. The van der Waals surface area contributed by atoms with E-state index in [9.17, 15) is 8.42 Å². The summed E-state index contributed by atoms with van der Waals surface area (Å²) in [6.07, 6.45) is 0. The summed E-state index contributed by atoms with van der Waals surface area (Å²) in [5.74, 6) is 0.489. The second-order valence-electron chi connectivity index (χ2n) is 7.18. The number of halogens is 1. The number of rotatable bonds is 8. The van der Waals surface area contributed by atoms with Crippen LogP contribution < -0.4 is 14.5 Å². The van der Waals surface area contributed by atoms with Gasteiger partial charge in [0.2, 0.25) is 5.88 Å². The Bertz CT molecular complexity index is 1470. The quantitative estimate of drug-likeness (QED) is 0.135. The van der Waals surface area contributed by atoms with Gasteiger partial charge in [0.1, 0.15) is 0 Å². The first-order valence-corrected chi connectivity index (χ1v) is 20.0. The van der Waals surface area contributed by atoms with E-state index >= 15 is 0 Å². The number of methoxy groups -OCH3 is 1.